The number of benzene rings is 2. The van der Waals surface area contributed by atoms with Crippen LogP contribution in [0.1, 0.15) is 10.4 Å². The molecule has 110 valence electrons. The van der Waals surface area contributed by atoms with Crippen LogP contribution in [0.5, 0.6) is 5.75 Å². The molecule has 2 atom stereocenters. The van der Waals surface area contributed by atoms with Crippen molar-refractivity contribution in [2.45, 2.75) is 9.65 Å². The number of amides is 1. The van der Waals surface area contributed by atoms with E-state index in [1.54, 1.807) is 7.11 Å². The number of carbonyl (C=O) groups excluding carboxylic acids is 1. The van der Waals surface area contributed by atoms with Crippen LogP contribution >= 0.6 is 31.9 Å². The van der Waals surface area contributed by atoms with Crippen LogP contribution in [0.25, 0.3) is 0 Å². The molecule has 0 saturated carbocycles. The summed E-state index contributed by atoms with van der Waals surface area (Å²) in [5.74, 6) is 0.501. The molecule has 2 aromatic carbocycles. The van der Waals surface area contributed by atoms with Crippen molar-refractivity contribution in [3.05, 3.63) is 60.2 Å². The van der Waals surface area contributed by atoms with Crippen LogP contribution in [-0.4, -0.2) is 17.8 Å². The predicted octanol–water partition coefficient (Wildman–Crippen LogP) is 4.53. The Kier molecular flexibility index (Phi) is 5.82. The van der Waals surface area contributed by atoms with E-state index in [1.165, 1.54) is 0 Å². The van der Waals surface area contributed by atoms with Gasteiger partial charge in [0.2, 0.25) is 5.91 Å². The van der Waals surface area contributed by atoms with Crippen LogP contribution in [0.15, 0.2) is 54.6 Å². The van der Waals surface area contributed by atoms with Crippen LogP contribution < -0.4 is 10.1 Å². The maximum Gasteiger partial charge on any atom is 0.239 e. The zero-order chi connectivity index (χ0) is 15.2. The van der Waals surface area contributed by atoms with E-state index >= 15 is 0 Å². The van der Waals surface area contributed by atoms with Crippen molar-refractivity contribution in [1.29, 1.82) is 0 Å². The highest BCUT2D eigenvalue weighted by Gasteiger charge is 2.25. The third-order valence-electron chi connectivity index (χ3n) is 2.99. The molecule has 0 heterocycles. The molecule has 0 aromatic heterocycles. The van der Waals surface area contributed by atoms with Gasteiger partial charge >= 0.3 is 0 Å². The van der Waals surface area contributed by atoms with Crippen molar-refractivity contribution in [3.8, 4) is 5.75 Å². The number of alkyl halides is 2. The van der Waals surface area contributed by atoms with Crippen LogP contribution in [0.2, 0.25) is 0 Å². The molecule has 0 spiro atoms. The molecule has 0 bridgehead atoms. The Hall–Kier alpha value is -1.33. The van der Waals surface area contributed by atoms with Crippen molar-refractivity contribution in [1.82, 2.24) is 0 Å². The van der Waals surface area contributed by atoms with Gasteiger partial charge in [0.15, 0.2) is 0 Å². The highest BCUT2D eigenvalue weighted by molar-refractivity contribution is 9.12. The first-order valence-electron chi connectivity index (χ1n) is 6.40. The molecule has 2 unspecified atom stereocenters. The van der Waals surface area contributed by atoms with Gasteiger partial charge in [-0.25, -0.2) is 0 Å². The van der Waals surface area contributed by atoms with E-state index < -0.39 is 4.83 Å². The lowest BCUT2D eigenvalue weighted by Gasteiger charge is -2.18. The molecule has 0 aliphatic rings. The number of methoxy groups -OCH3 is 1. The number of hydrogen-bond acceptors (Lipinski definition) is 2. The van der Waals surface area contributed by atoms with Gasteiger partial charge in [0.25, 0.3) is 0 Å². The van der Waals surface area contributed by atoms with Crippen LogP contribution in [0.4, 0.5) is 5.69 Å². The van der Waals surface area contributed by atoms with Gasteiger partial charge in [0.05, 0.1) is 17.6 Å². The van der Waals surface area contributed by atoms with Crippen molar-refractivity contribution in [2.75, 3.05) is 12.4 Å². The molecule has 2 aromatic rings. The Bertz CT molecular complexity index is 604. The molecular weight excluding hydrogens is 398 g/mol. The number of para-hydroxylation sites is 2. The number of anilines is 1. The van der Waals surface area contributed by atoms with Gasteiger partial charge in [0, 0.05) is 0 Å². The number of nitrogens with one attached hydrogen (secondary N) is 1. The van der Waals surface area contributed by atoms with Crippen LogP contribution in [0, 0.1) is 0 Å². The number of carbonyl (C=O) groups is 1. The van der Waals surface area contributed by atoms with Gasteiger partial charge in [-0.2, -0.15) is 0 Å². The van der Waals surface area contributed by atoms with E-state index in [9.17, 15) is 4.79 Å². The summed E-state index contributed by atoms with van der Waals surface area (Å²) in [7, 11) is 1.58. The molecule has 21 heavy (non-hydrogen) atoms. The van der Waals surface area contributed by atoms with E-state index in [0.29, 0.717) is 11.4 Å². The lowest BCUT2D eigenvalue weighted by atomic mass is 10.1. The topological polar surface area (TPSA) is 38.3 Å². The maximum atomic E-state index is 12.4. The minimum absolute atomic E-state index is 0.117. The van der Waals surface area contributed by atoms with Crippen LogP contribution in [-0.2, 0) is 4.79 Å². The van der Waals surface area contributed by atoms with E-state index in [2.05, 4.69) is 37.2 Å². The highest BCUT2D eigenvalue weighted by Crippen LogP contribution is 2.32. The molecule has 0 saturated heterocycles. The van der Waals surface area contributed by atoms with Crippen molar-refractivity contribution in [3.63, 3.8) is 0 Å². The fourth-order valence-corrected chi connectivity index (χ4v) is 2.85. The quantitative estimate of drug-likeness (QED) is 0.732. The monoisotopic (exact) mass is 411 g/mol. The second kappa shape index (κ2) is 7.61. The first-order chi connectivity index (χ1) is 10.1. The summed E-state index contributed by atoms with van der Waals surface area (Å²) in [4.78, 5) is 11.8. The molecule has 1 amide bonds. The fraction of sp³-hybridized carbons (Fsp3) is 0.188. The third kappa shape index (κ3) is 4.08. The second-order valence-electron chi connectivity index (χ2n) is 4.40. The van der Waals surface area contributed by atoms with Crippen molar-refractivity contribution < 1.29 is 9.53 Å². The van der Waals surface area contributed by atoms with Gasteiger partial charge < -0.3 is 10.1 Å². The zero-order valence-corrected chi connectivity index (χ0v) is 14.6. The lowest BCUT2D eigenvalue weighted by molar-refractivity contribution is -0.115. The summed E-state index contributed by atoms with van der Waals surface area (Å²) in [6.45, 7) is 0. The summed E-state index contributed by atoms with van der Waals surface area (Å²) in [5.41, 5.74) is 1.69. The standard InChI is InChI=1S/C16H15Br2NO2/c1-21-13-10-6-5-9-12(13)19-16(20)15(18)14(17)11-7-3-2-4-8-11/h2-10,14-15H,1H3,(H,19,20). The fourth-order valence-electron chi connectivity index (χ4n) is 1.89. The minimum Gasteiger partial charge on any atom is -0.495 e. The average molecular weight is 413 g/mol. The Morgan fingerprint density at radius 1 is 1.05 bits per heavy atom. The molecule has 0 radical (unpaired) electrons. The smallest absolute Gasteiger partial charge is 0.239 e. The number of rotatable bonds is 5. The normalized spacial score (nSPS) is 13.3. The molecular formula is C16H15Br2NO2. The maximum absolute atomic E-state index is 12.4. The largest absolute Gasteiger partial charge is 0.495 e. The second-order valence-corrected chi connectivity index (χ2v) is 6.38. The highest BCUT2D eigenvalue weighted by atomic mass is 79.9. The van der Waals surface area contributed by atoms with Crippen molar-refractivity contribution >= 4 is 43.5 Å². The summed E-state index contributed by atoms with van der Waals surface area (Å²) in [5, 5.41) is 2.87. The Morgan fingerprint density at radius 3 is 2.33 bits per heavy atom. The lowest BCUT2D eigenvalue weighted by Crippen LogP contribution is -2.26. The van der Waals surface area contributed by atoms with E-state index in [0.717, 1.165) is 5.56 Å². The van der Waals surface area contributed by atoms with Gasteiger partial charge in [-0.05, 0) is 17.7 Å². The number of ether oxygens (including phenoxy) is 1. The molecule has 0 fully saturated rings. The number of halogens is 2. The molecule has 1 N–H and O–H groups in total. The third-order valence-corrected chi connectivity index (χ3v) is 5.70. The number of hydrogen-bond donors (Lipinski definition) is 1. The zero-order valence-electron chi connectivity index (χ0n) is 11.4. The summed E-state index contributed by atoms with van der Waals surface area (Å²) in [6, 6.07) is 17.1. The average Bonchev–Trinajstić information content (AvgIpc) is 2.54. The van der Waals surface area contributed by atoms with E-state index in [1.807, 2.05) is 54.6 Å². The minimum atomic E-state index is -0.398. The summed E-state index contributed by atoms with van der Waals surface area (Å²) in [6.07, 6.45) is 0. The van der Waals surface area contributed by atoms with Gasteiger partial charge in [-0.15, -0.1) is 0 Å². The van der Waals surface area contributed by atoms with Crippen LogP contribution in [0.3, 0.4) is 0 Å². The SMILES string of the molecule is COc1ccccc1NC(=O)C(Br)C(Br)c1ccccc1. The summed E-state index contributed by atoms with van der Waals surface area (Å²) < 4.78 is 5.23. The van der Waals surface area contributed by atoms with E-state index in [4.69, 9.17) is 4.74 Å². The first-order valence-corrected chi connectivity index (χ1v) is 8.23. The predicted molar refractivity (Wildman–Crippen MR) is 92.4 cm³/mol. The van der Waals surface area contributed by atoms with Gasteiger partial charge in [-0.3, -0.25) is 4.79 Å². The molecule has 0 aliphatic carbocycles. The Morgan fingerprint density at radius 2 is 1.67 bits per heavy atom. The van der Waals surface area contributed by atoms with Crippen molar-refractivity contribution in [2.24, 2.45) is 0 Å². The Labute approximate surface area is 141 Å². The molecule has 0 aliphatic heterocycles. The molecule has 2 rings (SSSR count). The first kappa shape index (κ1) is 16.0. The molecule has 5 heteroatoms. The van der Waals surface area contributed by atoms with Gasteiger partial charge in [-0.1, -0.05) is 74.3 Å². The summed E-state index contributed by atoms with van der Waals surface area (Å²) >= 11 is 7.01. The Balaban J connectivity index is 2.09. The van der Waals surface area contributed by atoms with E-state index in [-0.39, 0.29) is 10.7 Å². The molecule has 3 nitrogen and oxygen atoms in total. The van der Waals surface area contributed by atoms with Gasteiger partial charge in [0.1, 0.15) is 10.6 Å².